The fraction of sp³-hybridized carbons (Fsp3) is 0.394. The largest absolute Gasteiger partial charge is 0.388 e. The van der Waals surface area contributed by atoms with Crippen LogP contribution in [-0.2, 0) is 6.42 Å². The number of amidine groups is 1. The van der Waals surface area contributed by atoms with Crippen LogP contribution in [0.1, 0.15) is 75.7 Å². The lowest BCUT2D eigenvalue weighted by atomic mass is 10.0. The highest BCUT2D eigenvalue weighted by atomic mass is 35.5. The van der Waals surface area contributed by atoms with Crippen LogP contribution in [0.4, 0.5) is 4.39 Å². The molecule has 0 saturated carbocycles. The van der Waals surface area contributed by atoms with E-state index in [2.05, 4.69) is 33.8 Å². The second kappa shape index (κ2) is 15.2. The molecule has 0 saturated heterocycles. The molecule has 3 aromatic heterocycles. The van der Waals surface area contributed by atoms with Crippen molar-refractivity contribution in [1.82, 2.24) is 24.8 Å². The number of halogens is 2. The van der Waals surface area contributed by atoms with E-state index in [1.807, 2.05) is 13.0 Å². The Hall–Kier alpha value is -3.86. The zero-order valence-corrected chi connectivity index (χ0v) is 26.4. The Bertz CT molecular complexity index is 1690. The van der Waals surface area contributed by atoms with Crippen LogP contribution in [0.25, 0.3) is 34.1 Å². The molecule has 234 valence electrons. The summed E-state index contributed by atoms with van der Waals surface area (Å²) in [6, 6.07) is 7.20. The van der Waals surface area contributed by atoms with Crippen LogP contribution in [0.15, 0.2) is 53.0 Å². The van der Waals surface area contributed by atoms with Crippen molar-refractivity contribution < 1.29 is 4.39 Å². The first-order valence-electron chi connectivity index (χ1n) is 15.1. The minimum Gasteiger partial charge on any atom is -0.388 e. The van der Waals surface area contributed by atoms with Gasteiger partial charge in [-0.05, 0) is 87.9 Å². The molecule has 0 fully saturated rings. The van der Waals surface area contributed by atoms with Crippen LogP contribution in [0, 0.1) is 5.82 Å². The Morgan fingerprint density at radius 1 is 1.27 bits per heavy atom. The SMILES string of the molecule is C=Cc1cc(-n2cc3cc(-c4cc(CCCC(C)N)cc(Cl)c4F)[nH]c3nc2=O)cnc1C(CCC)NCCCN=C(C)N. The molecule has 6 N–H and O–H groups in total. The zero-order valence-electron chi connectivity index (χ0n) is 25.7. The minimum absolute atomic E-state index is 0.0192. The van der Waals surface area contributed by atoms with Crippen LogP contribution in [0.5, 0.6) is 0 Å². The molecule has 44 heavy (non-hydrogen) atoms. The molecule has 0 aliphatic rings. The summed E-state index contributed by atoms with van der Waals surface area (Å²) in [4.78, 5) is 29.5. The molecule has 3 heterocycles. The number of nitrogens with zero attached hydrogens (tertiary/aromatic N) is 4. The molecule has 0 aliphatic heterocycles. The van der Waals surface area contributed by atoms with Crippen LogP contribution in [0.3, 0.4) is 0 Å². The van der Waals surface area contributed by atoms with Gasteiger partial charge in [-0.25, -0.2) is 9.18 Å². The van der Waals surface area contributed by atoms with E-state index in [1.54, 1.807) is 43.6 Å². The lowest BCUT2D eigenvalue weighted by Gasteiger charge is -2.20. The summed E-state index contributed by atoms with van der Waals surface area (Å²) in [5, 5.41) is 4.26. The lowest BCUT2D eigenvalue weighted by Crippen LogP contribution is -2.25. The Kier molecular flexibility index (Phi) is 11.4. The molecule has 0 bridgehead atoms. The number of hydrogen-bond acceptors (Lipinski definition) is 6. The number of aromatic nitrogens is 4. The quantitative estimate of drug-likeness (QED) is 0.0721. The first-order chi connectivity index (χ1) is 21.1. The molecular formula is C33H42ClFN8O. The van der Waals surface area contributed by atoms with Gasteiger partial charge in [0.05, 0.1) is 40.2 Å². The number of aryl methyl sites for hydroxylation is 1. The molecule has 4 aromatic rings. The van der Waals surface area contributed by atoms with Gasteiger partial charge in [0.25, 0.3) is 0 Å². The second-order valence-electron chi connectivity index (χ2n) is 11.2. The zero-order chi connectivity index (χ0) is 31.8. The number of rotatable bonds is 15. The third-order valence-electron chi connectivity index (χ3n) is 7.44. The predicted molar refractivity (Wildman–Crippen MR) is 179 cm³/mol. The Balaban J connectivity index is 1.63. The minimum atomic E-state index is -0.530. The van der Waals surface area contributed by atoms with Crippen molar-refractivity contribution >= 4 is 34.5 Å². The summed E-state index contributed by atoms with van der Waals surface area (Å²) < 4.78 is 16.6. The summed E-state index contributed by atoms with van der Waals surface area (Å²) in [5.74, 6) is 0.0480. The summed E-state index contributed by atoms with van der Waals surface area (Å²) in [7, 11) is 0. The number of H-pyrrole nitrogens is 1. The van der Waals surface area contributed by atoms with Crippen LogP contribution in [0.2, 0.25) is 5.02 Å². The summed E-state index contributed by atoms with van der Waals surface area (Å²) in [5.41, 5.74) is 15.3. The Labute approximate surface area is 262 Å². The van der Waals surface area contributed by atoms with E-state index in [-0.39, 0.29) is 17.1 Å². The van der Waals surface area contributed by atoms with Gasteiger partial charge in [-0.1, -0.05) is 37.6 Å². The van der Waals surface area contributed by atoms with Crippen molar-refractivity contribution in [1.29, 1.82) is 0 Å². The fourth-order valence-electron chi connectivity index (χ4n) is 5.24. The molecule has 11 heteroatoms. The van der Waals surface area contributed by atoms with Crippen molar-refractivity contribution in [3.05, 3.63) is 81.4 Å². The first-order valence-corrected chi connectivity index (χ1v) is 15.5. The van der Waals surface area contributed by atoms with E-state index in [9.17, 15) is 4.79 Å². The molecule has 2 unspecified atom stereocenters. The van der Waals surface area contributed by atoms with Gasteiger partial charge in [0.1, 0.15) is 5.65 Å². The molecule has 0 amide bonds. The number of benzene rings is 1. The number of aliphatic imine (C=N–C) groups is 1. The van der Waals surface area contributed by atoms with Crippen LogP contribution >= 0.6 is 11.6 Å². The summed E-state index contributed by atoms with van der Waals surface area (Å²) in [6.07, 6.45) is 10.3. The average molecular weight is 621 g/mol. The first kappa shape index (κ1) is 33.0. The maximum atomic E-state index is 15.2. The number of aromatic amines is 1. The number of nitrogens with one attached hydrogen (secondary N) is 2. The molecule has 0 spiro atoms. The molecule has 4 rings (SSSR count). The van der Waals surface area contributed by atoms with Gasteiger partial charge in [0.2, 0.25) is 0 Å². The Morgan fingerprint density at radius 2 is 2.07 bits per heavy atom. The van der Waals surface area contributed by atoms with Crippen LogP contribution < -0.4 is 22.5 Å². The van der Waals surface area contributed by atoms with Crippen molar-refractivity contribution in [2.45, 2.75) is 71.4 Å². The van der Waals surface area contributed by atoms with E-state index >= 15 is 4.39 Å². The standard InChI is InChI=1S/C33H42ClFN8O/c1-5-9-28(39-13-8-12-38-21(4)37)31-23(6-2)16-25(18-40-31)43-19-24-17-29(41-32(24)42-33(43)44)26-14-22(11-7-10-20(3)36)15-27(34)30(26)35/h6,14-20,28,39H,2,5,7-13,36H2,1,3-4H3,(H2,37,38)(H,41,42,44). The third kappa shape index (κ3) is 8.19. The normalized spacial score (nSPS) is 13.4. The van der Waals surface area contributed by atoms with E-state index in [0.29, 0.717) is 40.4 Å². The molecule has 1 aromatic carbocycles. The highest BCUT2D eigenvalue weighted by Gasteiger charge is 2.18. The highest BCUT2D eigenvalue weighted by molar-refractivity contribution is 6.31. The van der Waals surface area contributed by atoms with Crippen molar-refractivity contribution in [3.8, 4) is 16.9 Å². The maximum Gasteiger partial charge on any atom is 0.354 e. The van der Waals surface area contributed by atoms with Gasteiger partial charge in [-0.3, -0.25) is 14.5 Å². The lowest BCUT2D eigenvalue weighted by molar-refractivity contribution is 0.479. The van der Waals surface area contributed by atoms with E-state index in [0.717, 1.165) is 61.9 Å². The Morgan fingerprint density at radius 3 is 2.77 bits per heavy atom. The average Bonchev–Trinajstić information content (AvgIpc) is 3.39. The second-order valence-corrected chi connectivity index (χ2v) is 11.6. The maximum absolute atomic E-state index is 15.2. The van der Waals surface area contributed by atoms with Crippen molar-refractivity contribution in [3.63, 3.8) is 0 Å². The van der Waals surface area contributed by atoms with E-state index in [1.165, 1.54) is 4.57 Å². The van der Waals surface area contributed by atoms with Gasteiger partial charge in [-0.2, -0.15) is 4.98 Å². The van der Waals surface area contributed by atoms with Crippen molar-refractivity contribution in [2.24, 2.45) is 16.5 Å². The van der Waals surface area contributed by atoms with Gasteiger partial charge < -0.3 is 21.8 Å². The molecule has 2 atom stereocenters. The molecular weight excluding hydrogens is 579 g/mol. The predicted octanol–water partition coefficient (Wildman–Crippen LogP) is 6.08. The number of fused-ring (bicyclic) bond motifs is 1. The monoisotopic (exact) mass is 620 g/mol. The van der Waals surface area contributed by atoms with Crippen LogP contribution in [-0.4, -0.2) is 44.5 Å². The van der Waals surface area contributed by atoms with E-state index < -0.39 is 11.5 Å². The molecule has 0 aliphatic carbocycles. The summed E-state index contributed by atoms with van der Waals surface area (Å²) >= 11 is 6.26. The molecule has 0 radical (unpaired) electrons. The third-order valence-corrected chi connectivity index (χ3v) is 7.71. The van der Waals surface area contributed by atoms with Gasteiger partial charge in [-0.15, -0.1) is 0 Å². The van der Waals surface area contributed by atoms with Gasteiger partial charge >= 0.3 is 5.69 Å². The van der Waals surface area contributed by atoms with Gasteiger partial charge in [0, 0.05) is 29.7 Å². The highest BCUT2D eigenvalue weighted by Crippen LogP contribution is 2.31. The topological polar surface area (TPSA) is 140 Å². The number of pyridine rings is 1. The number of nitrogens with two attached hydrogens (primary N) is 2. The summed E-state index contributed by atoms with van der Waals surface area (Å²) in [6.45, 7) is 11.3. The van der Waals surface area contributed by atoms with Crippen molar-refractivity contribution in [2.75, 3.05) is 13.1 Å². The fourth-order valence-corrected chi connectivity index (χ4v) is 5.48. The van der Waals surface area contributed by atoms with E-state index in [4.69, 9.17) is 28.1 Å². The number of hydrogen-bond donors (Lipinski definition) is 4. The smallest absolute Gasteiger partial charge is 0.354 e. The molecule has 9 nitrogen and oxygen atoms in total. The van der Waals surface area contributed by atoms with Gasteiger partial charge in [0.15, 0.2) is 5.82 Å².